The molecule has 0 aliphatic heterocycles. The van der Waals surface area contributed by atoms with Gasteiger partial charge in [0.15, 0.2) is 11.4 Å². The van der Waals surface area contributed by atoms with Gasteiger partial charge in [0, 0.05) is 16.7 Å². The predicted molar refractivity (Wildman–Crippen MR) is 108 cm³/mol. The molecule has 1 atom stereocenters. The van der Waals surface area contributed by atoms with Crippen molar-refractivity contribution in [3.63, 3.8) is 0 Å². The second-order valence-corrected chi connectivity index (χ2v) is 8.65. The molecule has 0 unspecified atom stereocenters. The fourth-order valence-electron chi connectivity index (χ4n) is 2.38. The van der Waals surface area contributed by atoms with E-state index in [-0.39, 0.29) is 16.9 Å². The van der Waals surface area contributed by atoms with Crippen molar-refractivity contribution >= 4 is 40.2 Å². The number of para-hydroxylation sites is 2. The first-order valence-corrected chi connectivity index (χ1v) is 9.60. The van der Waals surface area contributed by atoms with E-state index in [1.807, 2.05) is 52.0 Å². The lowest BCUT2D eigenvalue weighted by molar-refractivity contribution is -0.123. The number of rotatable bonds is 5. The zero-order chi connectivity index (χ0) is 19.6. The maximum Gasteiger partial charge on any atom is 0.257 e. The number of fused-ring (bicyclic) bond motifs is 1. The van der Waals surface area contributed by atoms with Crippen molar-refractivity contribution in [1.82, 2.24) is 4.98 Å². The number of oxazole rings is 1. The first kappa shape index (κ1) is 19.2. The zero-order valence-corrected chi connectivity index (χ0v) is 16.6. The molecule has 3 rings (SSSR count). The van der Waals surface area contributed by atoms with Crippen molar-refractivity contribution in [2.75, 3.05) is 5.32 Å². The second kappa shape index (κ2) is 7.56. The highest BCUT2D eigenvalue weighted by Crippen LogP contribution is 2.28. The van der Waals surface area contributed by atoms with Crippen LogP contribution >= 0.6 is 11.8 Å². The Morgan fingerprint density at radius 1 is 1.07 bits per heavy atom. The minimum absolute atomic E-state index is 0.0176. The molecule has 0 radical (unpaired) electrons. The van der Waals surface area contributed by atoms with Crippen LogP contribution in [0, 0.1) is 5.41 Å². The molecule has 6 heteroatoms. The molecule has 1 heterocycles. The molecule has 0 spiro atoms. The summed E-state index contributed by atoms with van der Waals surface area (Å²) in [5.74, 6) is -0.0857. The normalized spacial score (nSPS) is 12.7. The van der Waals surface area contributed by atoms with E-state index in [2.05, 4.69) is 10.3 Å². The lowest BCUT2D eigenvalue weighted by atomic mass is 9.95. The molecule has 1 amide bonds. The van der Waals surface area contributed by atoms with E-state index in [1.165, 1.54) is 11.8 Å². The van der Waals surface area contributed by atoms with E-state index in [1.54, 1.807) is 24.3 Å². The Labute approximate surface area is 162 Å². The van der Waals surface area contributed by atoms with Crippen molar-refractivity contribution in [2.45, 2.75) is 38.2 Å². The molecule has 1 aromatic heterocycles. The Hall–Kier alpha value is -2.60. The van der Waals surface area contributed by atoms with Gasteiger partial charge < -0.3 is 9.73 Å². The van der Waals surface area contributed by atoms with Crippen molar-refractivity contribution in [3.8, 4) is 0 Å². The summed E-state index contributed by atoms with van der Waals surface area (Å²) >= 11 is 1.29. The number of amides is 1. The lowest BCUT2D eigenvalue weighted by Gasteiger charge is -2.17. The minimum Gasteiger partial charge on any atom is -0.431 e. The number of nitrogens with one attached hydrogen (secondary N) is 1. The molecule has 0 saturated carbocycles. The van der Waals surface area contributed by atoms with E-state index >= 15 is 0 Å². The largest absolute Gasteiger partial charge is 0.431 e. The van der Waals surface area contributed by atoms with Crippen LogP contribution in [0.5, 0.6) is 0 Å². The van der Waals surface area contributed by atoms with Crippen LogP contribution in [0.3, 0.4) is 0 Å². The van der Waals surface area contributed by atoms with Gasteiger partial charge in [-0.05, 0) is 43.3 Å². The quantitative estimate of drug-likeness (QED) is 0.486. The maximum atomic E-state index is 12.7. The molecule has 140 valence electrons. The molecule has 3 aromatic rings. The van der Waals surface area contributed by atoms with E-state index in [9.17, 15) is 9.59 Å². The van der Waals surface area contributed by atoms with E-state index in [0.717, 1.165) is 5.52 Å². The number of thioether (sulfide) groups is 1. The van der Waals surface area contributed by atoms with Gasteiger partial charge >= 0.3 is 0 Å². The SMILES string of the molecule is C[C@H](Sc1nc2ccccc2o1)C(=O)c1ccc(NC(=O)C(C)(C)C)cc1. The average Bonchev–Trinajstić information content (AvgIpc) is 3.03. The van der Waals surface area contributed by atoms with Gasteiger partial charge in [-0.3, -0.25) is 9.59 Å². The Morgan fingerprint density at radius 2 is 1.74 bits per heavy atom. The molecule has 0 bridgehead atoms. The maximum absolute atomic E-state index is 12.7. The summed E-state index contributed by atoms with van der Waals surface area (Å²) < 4.78 is 5.67. The minimum atomic E-state index is -0.473. The van der Waals surface area contributed by atoms with Crippen LogP contribution in [0.1, 0.15) is 38.1 Å². The number of ketones is 1. The summed E-state index contributed by atoms with van der Waals surface area (Å²) in [4.78, 5) is 29.1. The Kier molecular flexibility index (Phi) is 5.37. The van der Waals surface area contributed by atoms with Gasteiger partial charge in [0.1, 0.15) is 5.52 Å². The van der Waals surface area contributed by atoms with Crippen molar-refractivity contribution < 1.29 is 14.0 Å². The Balaban J connectivity index is 1.66. The fraction of sp³-hybridized carbons (Fsp3) is 0.286. The van der Waals surface area contributed by atoms with E-state index in [4.69, 9.17) is 4.42 Å². The molecule has 0 fully saturated rings. The third-order valence-corrected chi connectivity index (χ3v) is 4.97. The van der Waals surface area contributed by atoms with Gasteiger partial charge in [-0.25, -0.2) is 4.98 Å². The molecular weight excluding hydrogens is 360 g/mol. The van der Waals surface area contributed by atoms with Crippen LogP contribution in [0.15, 0.2) is 58.2 Å². The molecule has 1 N–H and O–H groups in total. The van der Waals surface area contributed by atoms with E-state index in [0.29, 0.717) is 22.1 Å². The van der Waals surface area contributed by atoms with Crippen molar-refractivity contribution in [2.24, 2.45) is 5.41 Å². The zero-order valence-electron chi connectivity index (χ0n) is 15.8. The number of Topliss-reactive ketones (excluding diaryl/α,β-unsaturated/α-hetero) is 1. The topological polar surface area (TPSA) is 72.2 Å². The first-order valence-electron chi connectivity index (χ1n) is 8.72. The van der Waals surface area contributed by atoms with Crippen LogP contribution in [-0.2, 0) is 4.79 Å². The fourth-order valence-corrected chi connectivity index (χ4v) is 3.21. The average molecular weight is 382 g/mol. The monoisotopic (exact) mass is 382 g/mol. The number of hydrogen-bond donors (Lipinski definition) is 1. The number of carbonyl (C=O) groups is 2. The third kappa shape index (κ3) is 4.57. The van der Waals surface area contributed by atoms with E-state index < -0.39 is 5.41 Å². The van der Waals surface area contributed by atoms with Crippen LogP contribution in [0.2, 0.25) is 0 Å². The standard InChI is InChI=1S/C21H22N2O3S/c1-13(27-20-23-16-7-5-6-8-17(16)26-20)18(24)14-9-11-15(12-10-14)22-19(25)21(2,3)4/h5-13H,1-4H3,(H,22,25)/t13-/m0/s1. The first-order chi connectivity index (χ1) is 12.7. The van der Waals surface area contributed by atoms with Gasteiger partial charge in [-0.15, -0.1) is 0 Å². The number of benzene rings is 2. The lowest BCUT2D eigenvalue weighted by Crippen LogP contribution is -2.27. The highest BCUT2D eigenvalue weighted by Gasteiger charge is 2.22. The molecular formula is C21H22N2O3S. The molecule has 0 aliphatic rings. The molecule has 0 saturated heterocycles. The van der Waals surface area contributed by atoms with Crippen LogP contribution < -0.4 is 5.32 Å². The third-order valence-electron chi connectivity index (χ3n) is 4.03. The highest BCUT2D eigenvalue weighted by atomic mass is 32.2. The molecule has 27 heavy (non-hydrogen) atoms. The van der Waals surface area contributed by atoms with Crippen molar-refractivity contribution in [1.29, 1.82) is 0 Å². The highest BCUT2D eigenvalue weighted by molar-refractivity contribution is 8.00. The number of nitrogens with zero attached hydrogens (tertiary/aromatic N) is 1. The number of aromatic nitrogens is 1. The van der Waals surface area contributed by atoms with Crippen molar-refractivity contribution in [3.05, 3.63) is 54.1 Å². The van der Waals surface area contributed by atoms with Crippen LogP contribution in [0.4, 0.5) is 5.69 Å². The van der Waals surface area contributed by atoms with Gasteiger partial charge in [0.2, 0.25) is 5.91 Å². The molecule has 2 aromatic carbocycles. The summed E-state index contributed by atoms with van der Waals surface area (Å²) in [5, 5.41) is 2.99. The summed E-state index contributed by atoms with van der Waals surface area (Å²) in [6.45, 7) is 7.39. The van der Waals surface area contributed by atoms with Gasteiger partial charge in [-0.2, -0.15) is 0 Å². The summed E-state index contributed by atoms with van der Waals surface area (Å²) in [7, 11) is 0. The van der Waals surface area contributed by atoms with Crippen LogP contribution in [-0.4, -0.2) is 21.9 Å². The van der Waals surface area contributed by atoms with Crippen LogP contribution in [0.25, 0.3) is 11.1 Å². The summed E-state index contributed by atoms with van der Waals surface area (Å²) in [5.41, 5.74) is 2.27. The Morgan fingerprint density at radius 3 is 2.37 bits per heavy atom. The smallest absolute Gasteiger partial charge is 0.257 e. The molecule has 0 aliphatic carbocycles. The second-order valence-electron chi connectivity index (χ2n) is 7.35. The number of carbonyl (C=O) groups excluding carboxylic acids is 2. The number of anilines is 1. The summed E-state index contributed by atoms with van der Waals surface area (Å²) in [6, 6.07) is 14.4. The summed E-state index contributed by atoms with van der Waals surface area (Å²) in [6.07, 6.45) is 0. The molecule has 5 nitrogen and oxygen atoms in total. The Bertz CT molecular complexity index is 938. The van der Waals surface area contributed by atoms with Gasteiger partial charge in [-0.1, -0.05) is 44.7 Å². The number of hydrogen-bond acceptors (Lipinski definition) is 5. The van der Waals surface area contributed by atoms with Gasteiger partial charge in [0.05, 0.1) is 5.25 Å². The van der Waals surface area contributed by atoms with Gasteiger partial charge in [0.25, 0.3) is 5.22 Å². The predicted octanol–water partition coefficient (Wildman–Crippen LogP) is 5.18.